The van der Waals surface area contributed by atoms with Gasteiger partial charge in [0.25, 0.3) is 0 Å². The van der Waals surface area contributed by atoms with Gasteiger partial charge in [0.1, 0.15) is 0 Å². The van der Waals surface area contributed by atoms with E-state index in [-0.39, 0.29) is 0 Å². The van der Waals surface area contributed by atoms with Crippen molar-refractivity contribution in [3.8, 4) is 17.2 Å². The third kappa shape index (κ3) is 4.71. The van der Waals surface area contributed by atoms with E-state index >= 15 is 0 Å². The third-order valence-electron chi connectivity index (χ3n) is 5.47. The fourth-order valence-corrected chi connectivity index (χ4v) is 3.83. The summed E-state index contributed by atoms with van der Waals surface area (Å²) in [4.78, 5) is 2.49. The molecule has 0 aromatic heterocycles. The van der Waals surface area contributed by atoms with Crippen LogP contribution in [-0.2, 0) is 6.54 Å². The van der Waals surface area contributed by atoms with E-state index in [0.717, 1.165) is 32.5 Å². The summed E-state index contributed by atoms with van der Waals surface area (Å²) in [5.41, 5.74) is 5.05. The molecule has 5 nitrogen and oxygen atoms in total. The molecule has 0 amide bonds. The Hall–Kier alpha value is -2.40. The minimum atomic E-state index is 0.525. The zero-order valence-electron chi connectivity index (χ0n) is 17.7. The highest BCUT2D eigenvalue weighted by Gasteiger charge is 2.21. The number of piperidine rings is 1. The Kier molecular flexibility index (Phi) is 6.68. The zero-order chi connectivity index (χ0) is 20.1. The lowest BCUT2D eigenvalue weighted by Crippen LogP contribution is -2.38. The van der Waals surface area contributed by atoms with E-state index in [1.54, 1.807) is 21.3 Å². The van der Waals surface area contributed by atoms with Crippen molar-refractivity contribution in [3.63, 3.8) is 0 Å². The van der Waals surface area contributed by atoms with Crippen LogP contribution in [0.2, 0.25) is 0 Å². The molecule has 3 rings (SSSR count). The number of anilines is 1. The first-order valence-corrected chi connectivity index (χ1v) is 9.89. The van der Waals surface area contributed by atoms with Crippen LogP contribution in [0.4, 0.5) is 5.69 Å². The average Bonchev–Trinajstić information content (AvgIpc) is 2.71. The second-order valence-electron chi connectivity index (χ2n) is 7.55. The van der Waals surface area contributed by atoms with E-state index in [4.69, 9.17) is 14.2 Å². The van der Waals surface area contributed by atoms with Gasteiger partial charge < -0.3 is 19.5 Å². The maximum absolute atomic E-state index is 5.48. The number of rotatable bonds is 7. The summed E-state index contributed by atoms with van der Waals surface area (Å²) in [5, 5.41) is 3.74. The molecule has 1 N–H and O–H groups in total. The van der Waals surface area contributed by atoms with Gasteiger partial charge in [-0.15, -0.1) is 0 Å². The van der Waals surface area contributed by atoms with Crippen LogP contribution in [0.3, 0.4) is 0 Å². The highest BCUT2D eigenvalue weighted by Crippen LogP contribution is 2.38. The molecule has 1 aliphatic heterocycles. The molecule has 0 spiro atoms. The second-order valence-corrected chi connectivity index (χ2v) is 7.55. The zero-order valence-corrected chi connectivity index (χ0v) is 17.7. The summed E-state index contributed by atoms with van der Waals surface area (Å²) in [6, 6.07) is 11.2. The summed E-state index contributed by atoms with van der Waals surface area (Å²) in [6.45, 7) is 7.33. The van der Waals surface area contributed by atoms with E-state index in [9.17, 15) is 0 Å². The van der Waals surface area contributed by atoms with Gasteiger partial charge in [-0.05, 0) is 61.6 Å². The molecular formula is C23H32N2O3. The van der Waals surface area contributed by atoms with Crippen LogP contribution in [0, 0.1) is 13.8 Å². The Morgan fingerprint density at radius 1 is 0.929 bits per heavy atom. The fraction of sp³-hybridized carbons (Fsp3) is 0.478. The number of aryl methyl sites for hydroxylation is 2. The second kappa shape index (κ2) is 9.20. The quantitative estimate of drug-likeness (QED) is 0.766. The number of hydrogen-bond donors (Lipinski definition) is 1. The summed E-state index contributed by atoms with van der Waals surface area (Å²) in [7, 11) is 4.95. The maximum atomic E-state index is 5.48. The van der Waals surface area contributed by atoms with E-state index in [1.165, 1.54) is 22.4 Å². The van der Waals surface area contributed by atoms with E-state index < -0.39 is 0 Å². The number of ether oxygens (including phenoxy) is 3. The van der Waals surface area contributed by atoms with Crippen molar-refractivity contribution in [1.82, 2.24) is 4.90 Å². The van der Waals surface area contributed by atoms with Crippen molar-refractivity contribution in [3.05, 3.63) is 47.0 Å². The molecular weight excluding hydrogens is 352 g/mol. The van der Waals surface area contributed by atoms with Gasteiger partial charge >= 0.3 is 0 Å². The molecule has 0 radical (unpaired) electrons. The van der Waals surface area contributed by atoms with Crippen LogP contribution in [0.15, 0.2) is 30.3 Å². The van der Waals surface area contributed by atoms with Gasteiger partial charge in [-0.1, -0.05) is 12.1 Å². The molecule has 1 saturated heterocycles. The van der Waals surface area contributed by atoms with Crippen molar-refractivity contribution in [1.29, 1.82) is 0 Å². The van der Waals surface area contributed by atoms with Crippen molar-refractivity contribution in [2.75, 3.05) is 39.7 Å². The fourth-order valence-electron chi connectivity index (χ4n) is 3.83. The molecule has 0 bridgehead atoms. The maximum Gasteiger partial charge on any atom is 0.203 e. The summed E-state index contributed by atoms with van der Waals surface area (Å²) >= 11 is 0. The van der Waals surface area contributed by atoms with Crippen LogP contribution in [0.5, 0.6) is 17.2 Å². The number of methoxy groups -OCH3 is 3. The van der Waals surface area contributed by atoms with Gasteiger partial charge in [0.05, 0.1) is 21.3 Å². The number of hydrogen-bond acceptors (Lipinski definition) is 5. The monoisotopic (exact) mass is 384 g/mol. The first-order chi connectivity index (χ1) is 13.5. The van der Waals surface area contributed by atoms with Gasteiger partial charge in [-0.25, -0.2) is 0 Å². The first-order valence-electron chi connectivity index (χ1n) is 9.89. The van der Waals surface area contributed by atoms with Crippen LogP contribution >= 0.6 is 0 Å². The lowest BCUT2D eigenvalue weighted by molar-refractivity contribution is 0.210. The Morgan fingerprint density at radius 2 is 1.57 bits per heavy atom. The number of nitrogens with one attached hydrogen (secondary N) is 1. The van der Waals surface area contributed by atoms with Gasteiger partial charge in [0, 0.05) is 31.4 Å². The van der Waals surface area contributed by atoms with Gasteiger partial charge in [0.2, 0.25) is 5.75 Å². The summed E-state index contributed by atoms with van der Waals surface area (Å²) in [6.07, 6.45) is 2.27. The Labute approximate surface area is 168 Å². The Bertz CT molecular complexity index is 773. The molecule has 1 fully saturated rings. The molecule has 0 atom stereocenters. The highest BCUT2D eigenvalue weighted by atomic mass is 16.5. The van der Waals surface area contributed by atoms with Crippen LogP contribution in [-0.4, -0.2) is 45.4 Å². The van der Waals surface area contributed by atoms with Gasteiger partial charge in [-0.3, -0.25) is 4.90 Å². The summed E-state index contributed by atoms with van der Waals surface area (Å²) < 4.78 is 16.4. The summed E-state index contributed by atoms with van der Waals surface area (Å²) in [5.74, 6) is 2.07. The number of nitrogens with zero attached hydrogens (tertiary/aromatic N) is 1. The molecule has 1 aliphatic rings. The van der Waals surface area contributed by atoms with Crippen LogP contribution in [0.25, 0.3) is 0 Å². The predicted molar refractivity (Wildman–Crippen MR) is 114 cm³/mol. The molecule has 0 saturated carbocycles. The largest absolute Gasteiger partial charge is 0.493 e. The molecule has 0 aliphatic carbocycles. The average molecular weight is 385 g/mol. The third-order valence-corrected chi connectivity index (χ3v) is 5.47. The van der Waals surface area contributed by atoms with Crippen LogP contribution in [0.1, 0.15) is 29.5 Å². The van der Waals surface area contributed by atoms with E-state index in [2.05, 4.69) is 42.3 Å². The minimum absolute atomic E-state index is 0.525. The lowest BCUT2D eigenvalue weighted by atomic mass is 10.0. The first kappa shape index (κ1) is 20.3. The topological polar surface area (TPSA) is 43.0 Å². The predicted octanol–water partition coefficient (Wildman–Crippen LogP) is 4.41. The van der Waals surface area contributed by atoms with Crippen molar-refractivity contribution in [2.24, 2.45) is 0 Å². The molecule has 5 heteroatoms. The lowest BCUT2D eigenvalue weighted by Gasteiger charge is -2.33. The van der Waals surface area contributed by atoms with Gasteiger partial charge in [-0.2, -0.15) is 0 Å². The van der Waals surface area contributed by atoms with Crippen molar-refractivity contribution >= 4 is 5.69 Å². The molecule has 0 unspecified atom stereocenters. The Balaban J connectivity index is 1.60. The van der Waals surface area contributed by atoms with Crippen molar-refractivity contribution < 1.29 is 14.2 Å². The molecule has 152 valence electrons. The standard InChI is InChI=1S/C23H32N2O3/c1-16-6-7-17(2)20(12-16)24-19-8-10-25(11-9-19)15-18-13-21(26-3)23(28-5)22(14-18)27-4/h6-7,12-14,19,24H,8-11,15H2,1-5H3. The Morgan fingerprint density at radius 3 is 2.14 bits per heavy atom. The molecule has 1 heterocycles. The highest BCUT2D eigenvalue weighted by molar-refractivity contribution is 5.54. The normalized spacial score (nSPS) is 15.3. The molecule has 2 aromatic carbocycles. The number of likely N-dealkylation sites (tertiary alicyclic amines) is 1. The smallest absolute Gasteiger partial charge is 0.203 e. The van der Waals surface area contributed by atoms with Crippen molar-refractivity contribution in [2.45, 2.75) is 39.3 Å². The van der Waals surface area contributed by atoms with Crippen LogP contribution < -0.4 is 19.5 Å². The molecule has 28 heavy (non-hydrogen) atoms. The minimum Gasteiger partial charge on any atom is -0.493 e. The van der Waals surface area contributed by atoms with E-state index in [1.807, 2.05) is 12.1 Å². The number of benzene rings is 2. The molecule has 2 aromatic rings. The van der Waals surface area contributed by atoms with Gasteiger partial charge in [0.15, 0.2) is 11.5 Å². The SMILES string of the molecule is COc1cc(CN2CCC(Nc3cc(C)ccc3C)CC2)cc(OC)c1OC. The van der Waals surface area contributed by atoms with E-state index in [0.29, 0.717) is 23.3 Å².